The maximum atomic E-state index is 12.2. The number of piperidine rings is 1. The number of aromatic amines is 1. The summed E-state index contributed by atoms with van der Waals surface area (Å²) in [4.78, 5) is 26.3. The van der Waals surface area contributed by atoms with E-state index in [1.165, 1.54) is 0 Å². The maximum Gasteiger partial charge on any atom is 0.251 e. The summed E-state index contributed by atoms with van der Waals surface area (Å²) in [6.07, 6.45) is 4.93. The third-order valence-corrected chi connectivity index (χ3v) is 8.55. The lowest BCUT2D eigenvalue weighted by Crippen LogP contribution is -2.50. The minimum absolute atomic E-state index is 0. The molecule has 2 fully saturated rings. The minimum atomic E-state index is -0.0775. The van der Waals surface area contributed by atoms with Gasteiger partial charge in [-0.3, -0.25) is 9.89 Å². The molecule has 1 aromatic carbocycles. The van der Waals surface area contributed by atoms with Gasteiger partial charge < -0.3 is 25.6 Å². The molecule has 12 heteroatoms. The van der Waals surface area contributed by atoms with Crippen LogP contribution in [0.1, 0.15) is 54.9 Å². The number of H-pyrrole nitrogens is 1. The predicted octanol–water partition coefficient (Wildman–Crippen LogP) is 3.53. The van der Waals surface area contributed by atoms with Crippen LogP contribution < -0.4 is 20.9 Å². The first-order valence-corrected chi connectivity index (χ1v) is 12.9. The molecule has 1 amide bonds. The highest BCUT2D eigenvalue weighted by molar-refractivity contribution is 5.95. The molecular weight excluding hydrogens is 527 g/mol. The van der Waals surface area contributed by atoms with Gasteiger partial charge in [0.1, 0.15) is 5.82 Å². The topological polar surface area (TPSA) is 125 Å². The van der Waals surface area contributed by atoms with E-state index in [9.17, 15) is 4.79 Å². The summed E-state index contributed by atoms with van der Waals surface area (Å²) in [6, 6.07) is 5.96. The van der Waals surface area contributed by atoms with Crippen LogP contribution in [0.2, 0.25) is 0 Å². The molecule has 0 saturated carbocycles. The number of nitrogens with two attached hydrogens (primary N) is 1. The standard InChI is InChI=1S/C26H34N8O2.2ClH/c1-15-6-9-34(19-5-4-17(12-18(15)19)25(35)28-3)24-21-23(31-32-24)30-20(13-29-21)33-10-7-26(8-11-33)14-36-16(2)22(26)27;;/h4-5,12-13,15-16,22H,6-11,14,27H2,1-3H3,(H,28,35)(H,30,31,32);2*1H/t15-,16-,22+;;/m0../s1. The number of benzene rings is 1. The Morgan fingerprint density at radius 1 is 1.21 bits per heavy atom. The van der Waals surface area contributed by atoms with Crippen molar-refractivity contribution in [3.8, 4) is 0 Å². The Kier molecular flexibility index (Phi) is 8.09. The molecule has 3 aliphatic rings. The van der Waals surface area contributed by atoms with Gasteiger partial charge in [0.05, 0.1) is 18.9 Å². The number of halogens is 2. The lowest BCUT2D eigenvalue weighted by Gasteiger charge is -2.41. The second kappa shape index (κ2) is 10.8. The Labute approximate surface area is 234 Å². The van der Waals surface area contributed by atoms with Gasteiger partial charge in [0, 0.05) is 49.4 Å². The van der Waals surface area contributed by atoms with Crippen molar-refractivity contribution in [2.75, 3.05) is 43.1 Å². The van der Waals surface area contributed by atoms with Gasteiger partial charge in [0.2, 0.25) is 0 Å². The number of carbonyl (C=O) groups excluding carboxylic acids is 1. The van der Waals surface area contributed by atoms with Crippen LogP contribution in [0.15, 0.2) is 24.4 Å². The Bertz CT molecular complexity index is 1310. The maximum absolute atomic E-state index is 12.2. The van der Waals surface area contributed by atoms with Crippen LogP contribution in [0.25, 0.3) is 11.2 Å². The van der Waals surface area contributed by atoms with Gasteiger partial charge in [0.25, 0.3) is 5.91 Å². The average Bonchev–Trinajstić information content (AvgIpc) is 3.45. The zero-order chi connectivity index (χ0) is 25.0. The number of nitrogens with one attached hydrogen (secondary N) is 2. The average molecular weight is 564 g/mol. The van der Waals surface area contributed by atoms with E-state index < -0.39 is 0 Å². The molecule has 5 heterocycles. The van der Waals surface area contributed by atoms with Gasteiger partial charge in [0.15, 0.2) is 17.0 Å². The van der Waals surface area contributed by atoms with Crippen molar-refractivity contribution in [2.45, 2.75) is 51.2 Å². The fraction of sp³-hybridized carbons (Fsp3) is 0.538. The minimum Gasteiger partial charge on any atom is -0.376 e. The Balaban J connectivity index is 0.00000168. The number of amides is 1. The van der Waals surface area contributed by atoms with Gasteiger partial charge in [-0.25, -0.2) is 9.97 Å². The summed E-state index contributed by atoms with van der Waals surface area (Å²) in [5.41, 5.74) is 10.9. The Morgan fingerprint density at radius 2 is 1.97 bits per heavy atom. The molecule has 0 aliphatic carbocycles. The molecule has 0 unspecified atom stereocenters. The highest BCUT2D eigenvalue weighted by Crippen LogP contribution is 2.43. The van der Waals surface area contributed by atoms with E-state index in [0.717, 1.165) is 73.9 Å². The van der Waals surface area contributed by atoms with Crippen LogP contribution in [0, 0.1) is 5.41 Å². The van der Waals surface area contributed by atoms with Crippen LogP contribution in [-0.4, -0.2) is 71.5 Å². The summed E-state index contributed by atoms with van der Waals surface area (Å²) in [6.45, 7) is 7.62. The molecule has 2 aromatic heterocycles. The zero-order valence-electron chi connectivity index (χ0n) is 21.9. The van der Waals surface area contributed by atoms with Gasteiger partial charge in [-0.05, 0) is 55.9 Å². The van der Waals surface area contributed by atoms with Crippen LogP contribution in [-0.2, 0) is 4.74 Å². The van der Waals surface area contributed by atoms with E-state index in [4.69, 9.17) is 20.4 Å². The van der Waals surface area contributed by atoms with Crippen molar-refractivity contribution in [1.29, 1.82) is 0 Å². The lowest BCUT2D eigenvalue weighted by molar-refractivity contribution is 0.0962. The van der Waals surface area contributed by atoms with E-state index in [2.05, 4.69) is 39.2 Å². The normalized spacial score (nSPS) is 24.1. The Hall–Kier alpha value is -2.66. The van der Waals surface area contributed by atoms with Crippen molar-refractivity contribution in [1.82, 2.24) is 25.5 Å². The highest BCUT2D eigenvalue weighted by Gasteiger charge is 2.47. The summed E-state index contributed by atoms with van der Waals surface area (Å²) in [5.74, 6) is 1.90. The number of hydrogen-bond acceptors (Lipinski definition) is 8. The highest BCUT2D eigenvalue weighted by atomic mass is 35.5. The first kappa shape index (κ1) is 28.4. The fourth-order valence-corrected chi connectivity index (χ4v) is 6.07. The predicted molar refractivity (Wildman–Crippen MR) is 153 cm³/mol. The van der Waals surface area contributed by atoms with Crippen LogP contribution in [0.5, 0.6) is 0 Å². The number of ether oxygens (including phenoxy) is 1. The molecule has 0 radical (unpaired) electrons. The number of anilines is 3. The Morgan fingerprint density at radius 3 is 2.66 bits per heavy atom. The molecule has 0 bridgehead atoms. The molecule has 4 N–H and O–H groups in total. The summed E-state index contributed by atoms with van der Waals surface area (Å²) >= 11 is 0. The number of nitrogens with zero attached hydrogens (tertiary/aromatic N) is 5. The van der Waals surface area contributed by atoms with E-state index in [-0.39, 0.29) is 48.3 Å². The third kappa shape index (κ3) is 4.57. The number of aromatic nitrogens is 4. The quantitative estimate of drug-likeness (QED) is 0.442. The second-order valence-electron chi connectivity index (χ2n) is 10.6. The summed E-state index contributed by atoms with van der Waals surface area (Å²) in [5, 5.41) is 10.4. The molecule has 3 aromatic rings. The third-order valence-electron chi connectivity index (χ3n) is 8.55. The summed E-state index contributed by atoms with van der Waals surface area (Å²) in [7, 11) is 1.65. The molecule has 38 heavy (non-hydrogen) atoms. The van der Waals surface area contributed by atoms with Crippen LogP contribution in [0.4, 0.5) is 17.3 Å². The molecule has 1 spiro atoms. The zero-order valence-corrected chi connectivity index (χ0v) is 23.6. The second-order valence-corrected chi connectivity index (χ2v) is 10.6. The van der Waals surface area contributed by atoms with E-state index >= 15 is 0 Å². The lowest BCUT2D eigenvalue weighted by atomic mass is 9.73. The first-order valence-electron chi connectivity index (χ1n) is 12.9. The van der Waals surface area contributed by atoms with Crippen molar-refractivity contribution in [3.05, 3.63) is 35.5 Å². The van der Waals surface area contributed by atoms with Crippen molar-refractivity contribution >= 4 is 59.2 Å². The van der Waals surface area contributed by atoms with Crippen molar-refractivity contribution in [3.63, 3.8) is 0 Å². The molecule has 3 atom stereocenters. The molecule has 6 rings (SSSR count). The van der Waals surface area contributed by atoms with E-state index in [0.29, 0.717) is 17.1 Å². The molecular formula is C26H36Cl2N8O2. The largest absolute Gasteiger partial charge is 0.376 e. The van der Waals surface area contributed by atoms with E-state index in [1.54, 1.807) is 7.05 Å². The number of hydrogen-bond donors (Lipinski definition) is 3. The van der Waals surface area contributed by atoms with Gasteiger partial charge >= 0.3 is 0 Å². The number of rotatable bonds is 3. The number of fused-ring (bicyclic) bond motifs is 2. The van der Waals surface area contributed by atoms with Crippen LogP contribution in [0.3, 0.4) is 0 Å². The SMILES string of the molecule is CNC(=O)c1ccc2c(c1)[C@@H](C)CCN2c1n[nH]c2nc(N3CCC4(CC3)CO[C@@H](C)[C@H]4N)cnc12.Cl.Cl. The van der Waals surface area contributed by atoms with Crippen molar-refractivity contribution in [2.24, 2.45) is 11.1 Å². The van der Waals surface area contributed by atoms with Gasteiger partial charge in [-0.1, -0.05) is 6.92 Å². The van der Waals surface area contributed by atoms with Gasteiger partial charge in [-0.2, -0.15) is 5.10 Å². The smallest absolute Gasteiger partial charge is 0.251 e. The molecule has 3 aliphatic heterocycles. The first-order chi connectivity index (χ1) is 17.4. The molecule has 2 saturated heterocycles. The van der Waals surface area contributed by atoms with E-state index in [1.807, 2.05) is 24.4 Å². The monoisotopic (exact) mass is 562 g/mol. The van der Waals surface area contributed by atoms with Gasteiger partial charge in [-0.15, -0.1) is 24.8 Å². The van der Waals surface area contributed by atoms with Crippen LogP contribution >= 0.6 is 24.8 Å². The molecule has 10 nitrogen and oxygen atoms in total. The molecule has 206 valence electrons. The fourth-order valence-electron chi connectivity index (χ4n) is 6.07. The van der Waals surface area contributed by atoms with Crippen molar-refractivity contribution < 1.29 is 9.53 Å². The summed E-state index contributed by atoms with van der Waals surface area (Å²) < 4.78 is 5.86. The number of carbonyl (C=O) groups is 1.